The first-order valence-electron chi connectivity index (χ1n) is 11.4. The molecule has 3 heterocycles. The van der Waals surface area contributed by atoms with Crippen LogP contribution in [0.1, 0.15) is 46.8 Å². The van der Waals surface area contributed by atoms with Crippen molar-refractivity contribution in [2.45, 2.75) is 57.0 Å². The van der Waals surface area contributed by atoms with Crippen LogP contribution >= 0.6 is 12.2 Å². The lowest BCUT2D eigenvalue weighted by Crippen LogP contribution is -2.42. The van der Waals surface area contributed by atoms with E-state index in [0.717, 1.165) is 10.6 Å². The number of carbonyl (C=O) groups excluding carboxylic acids is 1. The molecule has 2 aromatic rings. The van der Waals surface area contributed by atoms with Crippen LogP contribution in [0.4, 0.5) is 26.3 Å². The highest BCUT2D eigenvalue weighted by atomic mass is 32.1. The maximum Gasteiger partial charge on any atom is 0.449 e. The van der Waals surface area contributed by atoms with Crippen LogP contribution in [-0.4, -0.2) is 55.4 Å². The van der Waals surface area contributed by atoms with Gasteiger partial charge < -0.3 is 20.1 Å². The molecule has 1 fully saturated rings. The number of imidazole rings is 1. The topological polar surface area (TPSA) is 91.2 Å². The van der Waals surface area contributed by atoms with Gasteiger partial charge in [-0.2, -0.15) is 18.4 Å². The summed E-state index contributed by atoms with van der Waals surface area (Å²) in [6.07, 6.45) is -3.95. The van der Waals surface area contributed by atoms with Gasteiger partial charge in [-0.1, -0.05) is 12.2 Å². The zero-order valence-corrected chi connectivity index (χ0v) is 20.2. The number of hydrogen-bond donors (Lipinski definition) is 1. The third kappa shape index (κ3) is 5.42. The van der Waals surface area contributed by atoms with Crippen molar-refractivity contribution in [3.8, 4) is 6.07 Å². The second-order valence-electron chi connectivity index (χ2n) is 9.01. The van der Waals surface area contributed by atoms with Gasteiger partial charge in [0.2, 0.25) is 5.82 Å². The minimum Gasteiger partial charge on any atom is -0.358 e. The van der Waals surface area contributed by atoms with E-state index >= 15 is 0 Å². The van der Waals surface area contributed by atoms with Gasteiger partial charge in [-0.3, -0.25) is 4.79 Å². The zero-order chi connectivity index (χ0) is 27.1. The molecule has 0 aliphatic carbocycles. The molecule has 2 N–H and O–H groups in total. The Labute approximate surface area is 213 Å². The summed E-state index contributed by atoms with van der Waals surface area (Å²) < 4.78 is 82.7. The van der Waals surface area contributed by atoms with Crippen molar-refractivity contribution in [3.63, 3.8) is 0 Å². The molecular weight excluding hydrogens is 522 g/mol. The van der Waals surface area contributed by atoms with Crippen molar-refractivity contribution in [2.75, 3.05) is 13.1 Å². The first kappa shape index (κ1) is 26.9. The Morgan fingerprint density at radius 3 is 2.57 bits per heavy atom. The Morgan fingerprint density at radius 2 is 1.89 bits per heavy atom. The van der Waals surface area contributed by atoms with Gasteiger partial charge >= 0.3 is 6.18 Å². The molecule has 2 aliphatic rings. The van der Waals surface area contributed by atoms with Crippen LogP contribution in [0.25, 0.3) is 0 Å². The quantitative estimate of drug-likeness (QED) is 0.352. The van der Waals surface area contributed by atoms with Gasteiger partial charge in [0.15, 0.2) is 17.3 Å². The molecule has 4 rings (SSSR count). The minimum absolute atomic E-state index is 0.0138. The lowest BCUT2D eigenvalue weighted by molar-refractivity contribution is -0.147. The van der Waals surface area contributed by atoms with Crippen molar-refractivity contribution in [1.29, 1.82) is 5.26 Å². The van der Waals surface area contributed by atoms with Gasteiger partial charge in [0.1, 0.15) is 11.9 Å². The summed E-state index contributed by atoms with van der Waals surface area (Å²) in [5.74, 6) is -5.45. The van der Waals surface area contributed by atoms with Crippen molar-refractivity contribution in [2.24, 2.45) is 5.73 Å². The zero-order valence-electron chi connectivity index (χ0n) is 19.4. The summed E-state index contributed by atoms with van der Waals surface area (Å²) in [5, 5.41) is 9.31. The van der Waals surface area contributed by atoms with Crippen LogP contribution in [0.2, 0.25) is 0 Å². The summed E-state index contributed by atoms with van der Waals surface area (Å²) in [5.41, 5.74) is 5.57. The lowest BCUT2D eigenvalue weighted by Gasteiger charge is -2.32. The number of halogens is 6. The molecule has 0 unspecified atom stereocenters. The molecule has 1 amide bonds. The van der Waals surface area contributed by atoms with Gasteiger partial charge in [-0.25, -0.2) is 18.2 Å². The average Bonchev–Trinajstić information content (AvgIpc) is 3.46. The number of thiocarbonyl (C=S) groups is 1. The molecular formula is C23H22F6N6OS. The number of aromatic nitrogens is 2. The minimum atomic E-state index is -4.80. The van der Waals surface area contributed by atoms with E-state index in [2.05, 4.69) is 4.98 Å². The van der Waals surface area contributed by atoms with Gasteiger partial charge in [0.05, 0.1) is 23.3 Å². The molecule has 2 atom stereocenters. The van der Waals surface area contributed by atoms with Crippen molar-refractivity contribution < 1.29 is 31.1 Å². The van der Waals surface area contributed by atoms with Crippen LogP contribution in [0.3, 0.4) is 0 Å². The van der Waals surface area contributed by atoms with E-state index in [1.165, 1.54) is 4.90 Å². The molecule has 1 aromatic carbocycles. The van der Waals surface area contributed by atoms with E-state index in [0.29, 0.717) is 18.9 Å². The Bertz CT molecular complexity index is 1270. The number of nitriles is 1. The van der Waals surface area contributed by atoms with Gasteiger partial charge in [-0.05, 0) is 30.9 Å². The number of fused-ring (bicyclic) bond motifs is 1. The normalized spacial score (nSPS) is 18.5. The predicted molar refractivity (Wildman–Crippen MR) is 123 cm³/mol. The Kier molecular flexibility index (Phi) is 7.48. The molecule has 7 nitrogen and oxygen atoms in total. The maximum absolute atomic E-state index is 14.0. The smallest absolute Gasteiger partial charge is 0.358 e. The number of nitrogens with two attached hydrogens (primary N) is 1. The summed E-state index contributed by atoms with van der Waals surface area (Å²) in [6, 6.07) is 1.61. The van der Waals surface area contributed by atoms with Crippen LogP contribution in [0, 0.1) is 28.8 Å². The Hall–Kier alpha value is -3.18. The fourth-order valence-corrected chi connectivity index (χ4v) is 5.05. The van der Waals surface area contributed by atoms with E-state index in [9.17, 15) is 36.4 Å². The molecule has 37 heavy (non-hydrogen) atoms. The highest BCUT2D eigenvalue weighted by molar-refractivity contribution is 7.80. The fraction of sp³-hybridized carbons (Fsp3) is 0.478. The lowest BCUT2D eigenvalue weighted by atomic mass is 10.0. The maximum atomic E-state index is 14.0. The predicted octanol–water partition coefficient (Wildman–Crippen LogP) is 3.55. The van der Waals surface area contributed by atoms with Gasteiger partial charge in [0.25, 0.3) is 5.91 Å². The van der Waals surface area contributed by atoms with Crippen molar-refractivity contribution in [3.05, 3.63) is 52.4 Å². The van der Waals surface area contributed by atoms with Gasteiger partial charge in [-0.15, -0.1) is 0 Å². The van der Waals surface area contributed by atoms with Crippen LogP contribution < -0.4 is 5.73 Å². The summed E-state index contributed by atoms with van der Waals surface area (Å²) in [6.45, 7) is 0.0115. The molecule has 198 valence electrons. The molecule has 0 spiro atoms. The Morgan fingerprint density at radius 1 is 1.19 bits per heavy atom. The molecule has 0 radical (unpaired) electrons. The molecule has 0 saturated carbocycles. The number of likely N-dealkylation sites (tertiary alicyclic amines) is 1. The van der Waals surface area contributed by atoms with Gasteiger partial charge in [0, 0.05) is 38.2 Å². The van der Waals surface area contributed by atoms with E-state index < -0.39 is 47.4 Å². The monoisotopic (exact) mass is 544 g/mol. The standard InChI is InChI=1S/C23H22F6N6OS/c24-15-9-17(26)16(25)7-12(15)6-13(31)8-19(37)33-4-5-35-18(11-33)20(32-22(35)23(27,28)29)21(36)34-3-1-2-14(34)10-30/h7,9,13-14H,1-6,8,11,31H2/t13-,14+/m0/s1. The Balaban J connectivity index is 1.53. The fourth-order valence-electron chi connectivity index (χ4n) is 4.68. The molecule has 14 heteroatoms. The third-order valence-corrected chi connectivity index (χ3v) is 6.91. The summed E-state index contributed by atoms with van der Waals surface area (Å²) in [4.78, 5) is 19.8. The number of amides is 1. The third-order valence-electron chi connectivity index (χ3n) is 6.49. The largest absolute Gasteiger partial charge is 0.449 e. The SMILES string of the molecule is N#C[C@H]1CCCN1C(=O)c1nc(C(F)(F)F)n2c1CN(C(=S)C[C@@H](N)Cc1cc(F)c(F)cc1F)CC2. The van der Waals surface area contributed by atoms with E-state index in [-0.39, 0.29) is 61.0 Å². The van der Waals surface area contributed by atoms with Crippen molar-refractivity contribution >= 4 is 23.1 Å². The summed E-state index contributed by atoms with van der Waals surface area (Å²) in [7, 11) is 0. The van der Waals surface area contributed by atoms with E-state index in [4.69, 9.17) is 18.0 Å². The average molecular weight is 545 g/mol. The molecule has 0 bridgehead atoms. The first-order valence-corrected chi connectivity index (χ1v) is 11.9. The second kappa shape index (κ2) is 10.3. The molecule has 1 aromatic heterocycles. The van der Waals surface area contributed by atoms with Crippen molar-refractivity contribution in [1.82, 2.24) is 19.4 Å². The highest BCUT2D eigenvalue weighted by Gasteiger charge is 2.43. The molecule has 2 aliphatic heterocycles. The van der Waals surface area contributed by atoms with Crippen LogP contribution in [0.5, 0.6) is 0 Å². The molecule has 1 saturated heterocycles. The van der Waals surface area contributed by atoms with E-state index in [1.54, 1.807) is 4.90 Å². The number of nitrogens with zero attached hydrogens (tertiary/aromatic N) is 5. The second-order valence-corrected chi connectivity index (χ2v) is 9.48. The van der Waals surface area contributed by atoms with E-state index in [1.807, 2.05) is 6.07 Å². The van der Waals surface area contributed by atoms with Crippen LogP contribution in [-0.2, 0) is 25.7 Å². The highest BCUT2D eigenvalue weighted by Crippen LogP contribution is 2.33. The number of rotatable bonds is 5. The van der Waals surface area contributed by atoms with Crippen LogP contribution in [0.15, 0.2) is 12.1 Å². The number of benzene rings is 1. The number of alkyl halides is 3. The summed E-state index contributed by atoms with van der Waals surface area (Å²) >= 11 is 5.44. The number of hydrogen-bond acceptors (Lipinski definition) is 5. The number of carbonyl (C=O) groups is 1. The first-order chi connectivity index (χ1) is 17.4.